The number of unbranched alkanes of at least 4 members (excludes halogenated alkanes) is 24. The summed E-state index contributed by atoms with van der Waals surface area (Å²) in [6.45, 7) is 7.55. The highest BCUT2D eigenvalue weighted by molar-refractivity contribution is 5.70. The summed E-state index contributed by atoms with van der Waals surface area (Å²) >= 11 is 0. The number of allylic oxidation sites excluding steroid dienone is 18. The van der Waals surface area contributed by atoms with Gasteiger partial charge in [-0.05, 0) is 103 Å². The van der Waals surface area contributed by atoms with E-state index in [-0.39, 0.29) is 25.2 Å². The van der Waals surface area contributed by atoms with Crippen LogP contribution >= 0.6 is 0 Å². The van der Waals surface area contributed by atoms with Crippen molar-refractivity contribution in [1.29, 1.82) is 0 Å². The zero-order valence-corrected chi connectivity index (χ0v) is 46.0. The van der Waals surface area contributed by atoms with Crippen molar-refractivity contribution >= 4 is 11.9 Å². The highest BCUT2D eigenvalue weighted by Gasteiger charge is 2.17. The Morgan fingerprint density at radius 3 is 1.06 bits per heavy atom. The summed E-state index contributed by atoms with van der Waals surface area (Å²) in [6, 6.07) is 0. The van der Waals surface area contributed by atoms with E-state index in [0.717, 1.165) is 103 Å². The number of esters is 2. The largest absolute Gasteiger partial charge is 0.462 e. The lowest BCUT2D eigenvalue weighted by molar-refractivity contribution is -0.163. The first-order valence-electron chi connectivity index (χ1n) is 29.4. The average molecular weight is 972 g/mol. The van der Waals surface area contributed by atoms with E-state index in [4.69, 9.17) is 14.2 Å². The van der Waals surface area contributed by atoms with Gasteiger partial charge in [-0.1, -0.05) is 259 Å². The summed E-state index contributed by atoms with van der Waals surface area (Å²) in [6.07, 6.45) is 82.6. The quantitative estimate of drug-likeness (QED) is 0.0345. The highest BCUT2D eigenvalue weighted by Crippen LogP contribution is 2.15. The molecule has 5 heteroatoms. The van der Waals surface area contributed by atoms with E-state index in [9.17, 15) is 9.59 Å². The Morgan fingerprint density at radius 2 is 0.643 bits per heavy atom. The number of hydrogen-bond acceptors (Lipinski definition) is 5. The molecule has 400 valence electrons. The van der Waals surface area contributed by atoms with Crippen molar-refractivity contribution in [2.24, 2.45) is 0 Å². The maximum absolute atomic E-state index is 12.9. The van der Waals surface area contributed by atoms with Gasteiger partial charge in [0.2, 0.25) is 0 Å². The fourth-order valence-corrected chi connectivity index (χ4v) is 7.95. The highest BCUT2D eigenvalue weighted by atomic mass is 16.6. The molecule has 70 heavy (non-hydrogen) atoms. The third-order valence-corrected chi connectivity index (χ3v) is 12.3. The van der Waals surface area contributed by atoms with Crippen LogP contribution in [-0.4, -0.2) is 37.9 Å². The molecule has 0 aromatic carbocycles. The summed E-state index contributed by atoms with van der Waals surface area (Å²) < 4.78 is 17.4. The van der Waals surface area contributed by atoms with Crippen LogP contribution in [0.5, 0.6) is 0 Å². The zero-order valence-electron chi connectivity index (χ0n) is 46.0. The molecule has 0 bridgehead atoms. The monoisotopic (exact) mass is 971 g/mol. The van der Waals surface area contributed by atoms with Gasteiger partial charge in [0.1, 0.15) is 6.61 Å². The van der Waals surface area contributed by atoms with Crippen LogP contribution in [0.25, 0.3) is 0 Å². The fourth-order valence-electron chi connectivity index (χ4n) is 7.95. The SMILES string of the molecule is CC/C=C\C/C=C\C/C=C\C/C=C\C/C=C\C/C=C\CCCOCC(COC(=O)CCCCCCCC/C=C\C/C=C\C/C=C\CCCCC)OC(=O)CCCCCCCCCCCCCCCCC. The molecule has 0 aliphatic rings. The van der Waals surface area contributed by atoms with Gasteiger partial charge >= 0.3 is 11.9 Å². The molecular weight excluding hydrogens is 861 g/mol. The number of hydrogen-bond donors (Lipinski definition) is 0. The van der Waals surface area contributed by atoms with Gasteiger partial charge in [0.05, 0.1) is 6.61 Å². The summed E-state index contributed by atoms with van der Waals surface area (Å²) in [5, 5.41) is 0. The summed E-state index contributed by atoms with van der Waals surface area (Å²) in [5.74, 6) is -0.440. The third kappa shape index (κ3) is 57.1. The lowest BCUT2D eigenvalue weighted by atomic mass is 10.0. The Balaban J connectivity index is 4.40. The molecule has 0 aromatic heterocycles. The number of carbonyl (C=O) groups is 2. The molecule has 0 spiro atoms. The maximum atomic E-state index is 12.9. The molecule has 1 unspecified atom stereocenters. The van der Waals surface area contributed by atoms with Gasteiger partial charge in [-0.25, -0.2) is 0 Å². The smallest absolute Gasteiger partial charge is 0.306 e. The second-order valence-corrected chi connectivity index (χ2v) is 19.2. The van der Waals surface area contributed by atoms with Crippen molar-refractivity contribution < 1.29 is 23.8 Å². The van der Waals surface area contributed by atoms with E-state index >= 15 is 0 Å². The first-order valence-corrected chi connectivity index (χ1v) is 29.4. The summed E-state index contributed by atoms with van der Waals surface area (Å²) in [5.41, 5.74) is 0. The van der Waals surface area contributed by atoms with Crippen molar-refractivity contribution in [2.75, 3.05) is 19.8 Å². The van der Waals surface area contributed by atoms with E-state index in [1.807, 2.05) is 0 Å². The van der Waals surface area contributed by atoms with Crippen LogP contribution in [0.2, 0.25) is 0 Å². The molecule has 0 radical (unpaired) electrons. The first-order chi connectivity index (χ1) is 34.6. The van der Waals surface area contributed by atoms with E-state index in [1.54, 1.807) is 0 Å². The van der Waals surface area contributed by atoms with Gasteiger partial charge < -0.3 is 14.2 Å². The van der Waals surface area contributed by atoms with Crippen LogP contribution in [0.15, 0.2) is 109 Å². The van der Waals surface area contributed by atoms with Crippen LogP contribution in [-0.2, 0) is 23.8 Å². The number of carbonyl (C=O) groups excluding carboxylic acids is 2. The topological polar surface area (TPSA) is 61.8 Å². The van der Waals surface area contributed by atoms with Crippen LogP contribution < -0.4 is 0 Å². The van der Waals surface area contributed by atoms with Gasteiger partial charge in [-0.3, -0.25) is 9.59 Å². The minimum atomic E-state index is -0.578. The Labute approximate surface area is 434 Å². The predicted molar refractivity (Wildman–Crippen MR) is 306 cm³/mol. The Hall–Kier alpha value is -3.44. The predicted octanol–water partition coefficient (Wildman–Crippen LogP) is 20.3. The molecule has 1 atom stereocenters. The van der Waals surface area contributed by atoms with Crippen molar-refractivity contribution in [1.82, 2.24) is 0 Å². The second-order valence-electron chi connectivity index (χ2n) is 19.2. The van der Waals surface area contributed by atoms with E-state index < -0.39 is 6.10 Å². The molecule has 0 aliphatic heterocycles. The maximum Gasteiger partial charge on any atom is 0.306 e. The first kappa shape index (κ1) is 66.6. The van der Waals surface area contributed by atoms with E-state index in [0.29, 0.717) is 19.4 Å². The van der Waals surface area contributed by atoms with Crippen molar-refractivity contribution in [3.05, 3.63) is 109 Å². The molecule has 0 saturated heterocycles. The Bertz CT molecular complexity index is 1380. The molecular formula is C65H110O5. The van der Waals surface area contributed by atoms with Gasteiger partial charge in [0.15, 0.2) is 6.10 Å². The van der Waals surface area contributed by atoms with Gasteiger partial charge in [-0.15, -0.1) is 0 Å². The lowest BCUT2D eigenvalue weighted by Gasteiger charge is -2.18. The van der Waals surface area contributed by atoms with Crippen molar-refractivity contribution in [3.63, 3.8) is 0 Å². The van der Waals surface area contributed by atoms with Crippen LogP contribution in [0.4, 0.5) is 0 Å². The molecule has 0 heterocycles. The standard InChI is InChI=1S/C65H110O5/c1-4-7-10-13-16-19-22-25-28-30-32-34-36-39-42-45-48-51-54-57-60-68-61-63(70-65(67)59-56-53-50-47-44-41-37-27-24-21-18-15-12-9-6-3)62-69-64(66)58-55-52-49-46-43-40-38-35-33-31-29-26-23-20-17-14-11-8-5-2/h7,10,16-17,19-20,25-26,28-29,32-35,39,42,48,51,63H,4-6,8-9,11-15,18,21-24,27,30-31,36-38,40-41,43-47,49-50,52-62H2,1-3H3/b10-7-,19-16-,20-17-,28-25-,29-26-,34-32-,35-33-,42-39-,51-48-. The minimum Gasteiger partial charge on any atom is -0.462 e. The number of ether oxygens (including phenoxy) is 3. The van der Waals surface area contributed by atoms with E-state index in [1.165, 1.54) is 128 Å². The lowest BCUT2D eigenvalue weighted by Crippen LogP contribution is -2.30. The minimum absolute atomic E-state index is 0.0516. The van der Waals surface area contributed by atoms with Crippen LogP contribution in [0, 0.1) is 0 Å². The molecule has 0 amide bonds. The van der Waals surface area contributed by atoms with Gasteiger partial charge in [0, 0.05) is 19.4 Å². The van der Waals surface area contributed by atoms with E-state index in [2.05, 4.69) is 130 Å². The Kier molecular flexibility index (Phi) is 56.9. The van der Waals surface area contributed by atoms with Gasteiger partial charge in [0.25, 0.3) is 0 Å². The Morgan fingerprint density at radius 1 is 0.329 bits per heavy atom. The van der Waals surface area contributed by atoms with Crippen LogP contribution in [0.1, 0.15) is 265 Å². The van der Waals surface area contributed by atoms with Gasteiger partial charge in [-0.2, -0.15) is 0 Å². The van der Waals surface area contributed by atoms with Crippen LogP contribution in [0.3, 0.4) is 0 Å². The summed E-state index contributed by atoms with van der Waals surface area (Å²) in [4.78, 5) is 25.5. The average Bonchev–Trinajstić information content (AvgIpc) is 3.36. The third-order valence-electron chi connectivity index (χ3n) is 12.3. The summed E-state index contributed by atoms with van der Waals surface area (Å²) in [7, 11) is 0. The van der Waals surface area contributed by atoms with Crippen molar-refractivity contribution in [3.8, 4) is 0 Å². The molecule has 0 rings (SSSR count). The molecule has 0 aliphatic carbocycles. The molecule has 5 nitrogen and oxygen atoms in total. The zero-order chi connectivity index (χ0) is 50.6. The fraction of sp³-hybridized carbons (Fsp3) is 0.692. The second kappa shape index (κ2) is 59.9. The van der Waals surface area contributed by atoms with Crippen molar-refractivity contribution in [2.45, 2.75) is 271 Å². The number of rotatable bonds is 53. The molecule has 0 fully saturated rings. The molecule has 0 aromatic rings. The molecule has 0 saturated carbocycles. The normalized spacial score (nSPS) is 13.0. The molecule has 0 N–H and O–H groups in total.